The number of aryl methyl sites for hydroxylation is 1. The Morgan fingerprint density at radius 3 is 2.86 bits per heavy atom. The second-order valence-corrected chi connectivity index (χ2v) is 6.12. The average molecular weight is 319 g/mol. The van der Waals surface area contributed by atoms with Crippen molar-refractivity contribution in [1.82, 2.24) is 14.8 Å². The zero-order chi connectivity index (χ0) is 14.8. The number of halogens is 1. The highest BCUT2D eigenvalue weighted by atomic mass is 35.5. The van der Waals surface area contributed by atoms with Crippen molar-refractivity contribution in [2.45, 2.75) is 0 Å². The Morgan fingerprint density at radius 1 is 1.33 bits per heavy atom. The van der Waals surface area contributed by atoms with Gasteiger partial charge in [-0.2, -0.15) is 0 Å². The van der Waals surface area contributed by atoms with Gasteiger partial charge >= 0.3 is 0 Å². The Labute approximate surface area is 130 Å². The van der Waals surface area contributed by atoms with Gasteiger partial charge in [0, 0.05) is 18.3 Å². The van der Waals surface area contributed by atoms with Crippen LogP contribution in [0.2, 0.25) is 4.34 Å². The molecule has 3 aromatic rings. The van der Waals surface area contributed by atoms with Crippen LogP contribution in [0.1, 0.15) is 9.67 Å². The Morgan fingerprint density at radius 2 is 2.19 bits per heavy atom. The molecule has 0 atom stereocenters. The third kappa shape index (κ3) is 2.96. The zero-order valence-corrected chi connectivity index (χ0v) is 12.6. The van der Waals surface area contributed by atoms with Crippen molar-refractivity contribution in [2.75, 3.05) is 5.32 Å². The smallest absolute Gasteiger partial charge is 0.265 e. The molecular weight excluding hydrogens is 308 g/mol. The highest BCUT2D eigenvalue weighted by molar-refractivity contribution is 7.18. The molecule has 0 unspecified atom stereocenters. The summed E-state index contributed by atoms with van der Waals surface area (Å²) in [5.74, 6) is 0.562. The number of thiophene rings is 1. The first kappa shape index (κ1) is 13.8. The molecule has 0 aliphatic carbocycles. The fourth-order valence-electron chi connectivity index (χ4n) is 1.91. The lowest BCUT2D eigenvalue weighted by atomic mass is 10.2. The van der Waals surface area contributed by atoms with E-state index >= 15 is 0 Å². The van der Waals surface area contributed by atoms with Gasteiger partial charge in [-0.1, -0.05) is 23.7 Å². The van der Waals surface area contributed by atoms with E-state index in [1.807, 2.05) is 35.9 Å². The zero-order valence-electron chi connectivity index (χ0n) is 11.1. The fraction of sp³-hybridized carbons (Fsp3) is 0.0714. The molecule has 3 rings (SSSR count). The number of nitrogens with one attached hydrogen (secondary N) is 1. The Hall–Kier alpha value is -2.18. The van der Waals surface area contributed by atoms with Crippen LogP contribution in [0.15, 0.2) is 42.7 Å². The van der Waals surface area contributed by atoms with E-state index in [9.17, 15) is 4.79 Å². The van der Waals surface area contributed by atoms with Crippen LogP contribution in [0.5, 0.6) is 0 Å². The van der Waals surface area contributed by atoms with Crippen LogP contribution < -0.4 is 5.32 Å². The summed E-state index contributed by atoms with van der Waals surface area (Å²) in [4.78, 5) is 12.7. The van der Waals surface area contributed by atoms with Crippen LogP contribution in [-0.4, -0.2) is 20.7 Å². The molecule has 2 aromatic heterocycles. The second-order valence-electron chi connectivity index (χ2n) is 4.40. The summed E-state index contributed by atoms with van der Waals surface area (Å²) in [5.41, 5.74) is 1.59. The summed E-state index contributed by atoms with van der Waals surface area (Å²) in [6.07, 6.45) is 1.63. The lowest BCUT2D eigenvalue weighted by Gasteiger charge is -2.06. The summed E-state index contributed by atoms with van der Waals surface area (Å²) < 4.78 is 2.41. The SMILES string of the molecule is Cn1cnnc1-c1cccc(NC(=O)c2ccc(Cl)s2)c1. The molecule has 1 amide bonds. The minimum Gasteiger partial charge on any atom is -0.321 e. The van der Waals surface area contributed by atoms with Gasteiger partial charge in [0.25, 0.3) is 5.91 Å². The van der Waals surface area contributed by atoms with Gasteiger partial charge in [0.15, 0.2) is 5.82 Å². The van der Waals surface area contributed by atoms with E-state index in [-0.39, 0.29) is 5.91 Å². The number of benzene rings is 1. The lowest BCUT2D eigenvalue weighted by Crippen LogP contribution is -2.10. The molecule has 0 saturated carbocycles. The normalized spacial score (nSPS) is 10.6. The van der Waals surface area contributed by atoms with Crippen LogP contribution in [0.3, 0.4) is 0 Å². The Kier molecular flexibility index (Phi) is 3.72. The first-order valence-corrected chi connectivity index (χ1v) is 7.34. The highest BCUT2D eigenvalue weighted by Crippen LogP contribution is 2.24. The molecule has 0 saturated heterocycles. The molecule has 5 nitrogen and oxygen atoms in total. The van der Waals surface area contributed by atoms with Gasteiger partial charge in [0.1, 0.15) is 6.33 Å². The van der Waals surface area contributed by atoms with Crippen molar-refractivity contribution in [3.05, 3.63) is 51.9 Å². The number of hydrogen-bond acceptors (Lipinski definition) is 4. The van der Waals surface area contributed by atoms with Gasteiger partial charge in [-0.05, 0) is 24.3 Å². The fourth-order valence-corrected chi connectivity index (χ4v) is 2.85. The average Bonchev–Trinajstić information content (AvgIpc) is 3.08. The molecule has 2 heterocycles. The van der Waals surface area contributed by atoms with Gasteiger partial charge in [-0.15, -0.1) is 21.5 Å². The number of hydrogen-bond donors (Lipinski definition) is 1. The number of carbonyl (C=O) groups is 1. The van der Waals surface area contributed by atoms with Crippen molar-refractivity contribution in [3.63, 3.8) is 0 Å². The standard InChI is InChI=1S/C14H11ClN4OS/c1-19-8-16-18-13(19)9-3-2-4-10(7-9)17-14(20)11-5-6-12(15)21-11/h2-8H,1H3,(H,17,20). The van der Waals surface area contributed by atoms with Gasteiger partial charge in [0.2, 0.25) is 0 Å². The quantitative estimate of drug-likeness (QED) is 0.804. The third-order valence-corrected chi connectivity index (χ3v) is 4.12. The molecule has 21 heavy (non-hydrogen) atoms. The van der Waals surface area contributed by atoms with Gasteiger partial charge < -0.3 is 9.88 Å². The number of nitrogens with zero attached hydrogens (tertiary/aromatic N) is 3. The molecule has 0 aliphatic heterocycles. The van der Waals surface area contributed by atoms with Crippen LogP contribution >= 0.6 is 22.9 Å². The van der Waals surface area contributed by atoms with E-state index in [1.165, 1.54) is 11.3 Å². The lowest BCUT2D eigenvalue weighted by molar-refractivity contribution is 0.103. The van der Waals surface area contributed by atoms with Crippen LogP contribution in [0.4, 0.5) is 5.69 Å². The number of amides is 1. The summed E-state index contributed by atoms with van der Waals surface area (Å²) in [6.45, 7) is 0. The predicted octanol–water partition coefficient (Wildman–Crippen LogP) is 3.45. The summed E-state index contributed by atoms with van der Waals surface area (Å²) >= 11 is 7.08. The molecule has 0 fully saturated rings. The molecular formula is C14H11ClN4OS. The topological polar surface area (TPSA) is 59.8 Å². The second kappa shape index (κ2) is 5.67. The van der Waals surface area contributed by atoms with E-state index in [2.05, 4.69) is 15.5 Å². The molecule has 106 valence electrons. The van der Waals surface area contributed by atoms with E-state index in [0.29, 0.717) is 14.9 Å². The predicted molar refractivity (Wildman–Crippen MR) is 83.7 cm³/mol. The summed E-state index contributed by atoms with van der Waals surface area (Å²) in [6, 6.07) is 10.9. The molecule has 0 radical (unpaired) electrons. The van der Waals surface area contributed by atoms with Crippen LogP contribution in [0, 0.1) is 0 Å². The largest absolute Gasteiger partial charge is 0.321 e. The maximum atomic E-state index is 12.1. The molecule has 7 heteroatoms. The molecule has 0 bridgehead atoms. The van der Waals surface area contributed by atoms with Crippen LogP contribution in [-0.2, 0) is 7.05 Å². The Balaban J connectivity index is 1.84. The minimum absolute atomic E-state index is 0.179. The monoisotopic (exact) mass is 318 g/mol. The molecule has 1 N–H and O–H groups in total. The van der Waals surface area contributed by atoms with Gasteiger partial charge in [-0.3, -0.25) is 4.79 Å². The van der Waals surface area contributed by atoms with E-state index in [1.54, 1.807) is 18.5 Å². The van der Waals surface area contributed by atoms with E-state index in [0.717, 1.165) is 11.4 Å². The molecule has 0 aliphatic rings. The number of carbonyl (C=O) groups excluding carboxylic acids is 1. The summed E-state index contributed by atoms with van der Waals surface area (Å²) in [5, 5.41) is 10.8. The Bertz CT molecular complexity index is 796. The van der Waals surface area contributed by atoms with E-state index < -0.39 is 0 Å². The van der Waals surface area contributed by atoms with Gasteiger partial charge in [-0.25, -0.2) is 0 Å². The number of aromatic nitrogens is 3. The van der Waals surface area contributed by atoms with E-state index in [4.69, 9.17) is 11.6 Å². The van der Waals surface area contributed by atoms with Crippen molar-refractivity contribution in [1.29, 1.82) is 0 Å². The van der Waals surface area contributed by atoms with Crippen molar-refractivity contribution in [2.24, 2.45) is 7.05 Å². The maximum Gasteiger partial charge on any atom is 0.265 e. The van der Waals surface area contributed by atoms with Crippen LogP contribution in [0.25, 0.3) is 11.4 Å². The molecule has 0 spiro atoms. The van der Waals surface area contributed by atoms with Crippen molar-refractivity contribution < 1.29 is 4.79 Å². The minimum atomic E-state index is -0.179. The van der Waals surface area contributed by atoms with Gasteiger partial charge in [0.05, 0.1) is 9.21 Å². The van der Waals surface area contributed by atoms with Crippen molar-refractivity contribution >= 4 is 34.5 Å². The first-order chi connectivity index (χ1) is 10.1. The first-order valence-electron chi connectivity index (χ1n) is 6.14. The maximum absolute atomic E-state index is 12.1. The third-order valence-electron chi connectivity index (χ3n) is 2.89. The van der Waals surface area contributed by atoms with Crippen molar-refractivity contribution in [3.8, 4) is 11.4 Å². The molecule has 1 aromatic carbocycles. The number of rotatable bonds is 3. The highest BCUT2D eigenvalue weighted by Gasteiger charge is 2.10. The number of anilines is 1. The summed E-state index contributed by atoms with van der Waals surface area (Å²) in [7, 11) is 1.87.